The monoisotopic (exact) mass is 390 g/mol. The van der Waals surface area contributed by atoms with E-state index in [0.717, 1.165) is 18.9 Å². The number of nitrogens with zero attached hydrogens (tertiary/aromatic N) is 3. The van der Waals surface area contributed by atoms with Crippen molar-refractivity contribution in [2.75, 3.05) is 0 Å². The number of aromatic nitrogens is 4. The van der Waals surface area contributed by atoms with E-state index in [4.69, 9.17) is 0 Å². The Bertz CT molecular complexity index is 763. The number of halogens is 2. The Hall–Kier alpha value is -0.960. The van der Waals surface area contributed by atoms with Gasteiger partial charge in [0.2, 0.25) is 0 Å². The zero-order chi connectivity index (χ0) is 11.3. The van der Waals surface area contributed by atoms with E-state index in [9.17, 15) is 4.79 Å². The number of fused-ring (bicyclic) bond motifs is 3. The van der Waals surface area contributed by atoms with Crippen LogP contribution in [0.5, 0.6) is 0 Å². The highest BCUT2D eigenvalue weighted by atomic mass is 127. The highest BCUT2D eigenvalue weighted by molar-refractivity contribution is 14.1. The van der Waals surface area contributed by atoms with Crippen molar-refractivity contribution < 1.29 is 0 Å². The van der Waals surface area contributed by atoms with E-state index in [1.807, 2.05) is 12.1 Å². The summed E-state index contributed by atoms with van der Waals surface area (Å²) in [5.41, 5.74) is 1.08. The number of rotatable bonds is 0. The summed E-state index contributed by atoms with van der Waals surface area (Å²) in [4.78, 5) is 18.6. The standard InChI is InChI=1S/C9H4BrIN4O/c10-4-1-5-7(6(11)2-4)14-9(16)15-8(5)12-3-13-15/h1-3H,(H,14,16). The third kappa shape index (κ3) is 1.38. The number of nitrogens with one attached hydrogen (secondary N) is 1. The molecule has 0 atom stereocenters. The average Bonchev–Trinajstić information content (AvgIpc) is 2.69. The molecular weight excluding hydrogens is 387 g/mol. The summed E-state index contributed by atoms with van der Waals surface area (Å²) < 4.78 is 3.16. The molecule has 0 radical (unpaired) electrons. The van der Waals surface area contributed by atoms with Crippen LogP contribution in [0.1, 0.15) is 0 Å². The molecule has 1 N–H and O–H groups in total. The minimum absolute atomic E-state index is 0.278. The lowest BCUT2D eigenvalue weighted by Crippen LogP contribution is -2.17. The number of hydrogen-bond donors (Lipinski definition) is 1. The second-order valence-electron chi connectivity index (χ2n) is 3.24. The van der Waals surface area contributed by atoms with Crippen LogP contribution in [0.15, 0.2) is 27.7 Å². The van der Waals surface area contributed by atoms with Gasteiger partial charge in [-0.3, -0.25) is 0 Å². The van der Waals surface area contributed by atoms with E-state index >= 15 is 0 Å². The Labute approximate surface area is 111 Å². The number of aromatic amines is 1. The number of benzene rings is 1. The largest absolute Gasteiger partial charge is 0.348 e. The maximum Gasteiger partial charge on any atom is 0.348 e. The summed E-state index contributed by atoms with van der Waals surface area (Å²) in [6.07, 6.45) is 1.37. The molecule has 80 valence electrons. The minimum Gasteiger partial charge on any atom is -0.304 e. The van der Waals surface area contributed by atoms with Crippen molar-refractivity contribution in [3.05, 3.63) is 37.0 Å². The summed E-state index contributed by atoms with van der Waals surface area (Å²) in [6.45, 7) is 0. The van der Waals surface area contributed by atoms with Crippen LogP contribution in [0, 0.1) is 3.57 Å². The zero-order valence-corrected chi connectivity index (χ0v) is 11.5. The molecule has 0 unspecified atom stereocenters. The Balaban J connectivity index is 2.69. The Morgan fingerprint density at radius 2 is 2.25 bits per heavy atom. The Morgan fingerprint density at radius 3 is 3.06 bits per heavy atom. The molecule has 0 aliphatic heterocycles. The molecule has 0 fully saturated rings. The normalized spacial score (nSPS) is 11.4. The van der Waals surface area contributed by atoms with Gasteiger partial charge in [0.1, 0.15) is 6.33 Å². The van der Waals surface area contributed by atoms with Crippen LogP contribution < -0.4 is 5.69 Å². The Morgan fingerprint density at radius 1 is 1.44 bits per heavy atom. The van der Waals surface area contributed by atoms with Gasteiger partial charge in [0.25, 0.3) is 0 Å². The van der Waals surface area contributed by atoms with E-state index in [1.54, 1.807) is 0 Å². The predicted octanol–water partition coefficient (Wildman–Crippen LogP) is 1.94. The SMILES string of the molecule is O=c1[nH]c2c(I)cc(Br)cc2c2ncnn12. The van der Waals surface area contributed by atoms with E-state index in [2.05, 4.69) is 53.6 Å². The van der Waals surface area contributed by atoms with Crippen LogP contribution in [-0.4, -0.2) is 19.6 Å². The second-order valence-corrected chi connectivity index (χ2v) is 5.31. The predicted molar refractivity (Wildman–Crippen MR) is 71.5 cm³/mol. The molecule has 3 rings (SSSR count). The van der Waals surface area contributed by atoms with Crippen molar-refractivity contribution in [2.45, 2.75) is 0 Å². The Kier molecular flexibility index (Phi) is 2.25. The minimum atomic E-state index is -0.278. The zero-order valence-electron chi connectivity index (χ0n) is 7.74. The van der Waals surface area contributed by atoms with Gasteiger partial charge in [0, 0.05) is 13.4 Å². The summed E-state index contributed by atoms with van der Waals surface area (Å²) in [5, 5.41) is 4.74. The first-order valence-corrected chi connectivity index (χ1v) is 6.25. The third-order valence-electron chi connectivity index (χ3n) is 2.27. The van der Waals surface area contributed by atoms with Gasteiger partial charge in [-0.2, -0.15) is 9.61 Å². The van der Waals surface area contributed by atoms with Crippen LogP contribution >= 0.6 is 38.5 Å². The molecule has 2 heterocycles. The van der Waals surface area contributed by atoms with Crippen molar-refractivity contribution in [1.82, 2.24) is 19.6 Å². The highest BCUT2D eigenvalue weighted by Crippen LogP contribution is 2.25. The van der Waals surface area contributed by atoms with Crippen LogP contribution in [-0.2, 0) is 0 Å². The molecule has 0 spiro atoms. The lowest BCUT2D eigenvalue weighted by molar-refractivity contribution is 0.881. The van der Waals surface area contributed by atoms with Gasteiger partial charge >= 0.3 is 5.69 Å². The fourth-order valence-corrected chi connectivity index (χ4v) is 3.26. The lowest BCUT2D eigenvalue weighted by Gasteiger charge is -2.02. The number of H-pyrrole nitrogens is 1. The van der Waals surface area contributed by atoms with Gasteiger partial charge in [-0.05, 0) is 34.7 Å². The highest BCUT2D eigenvalue weighted by Gasteiger charge is 2.09. The van der Waals surface area contributed by atoms with Gasteiger partial charge in [-0.15, -0.1) is 0 Å². The molecule has 2 aromatic heterocycles. The molecule has 16 heavy (non-hydrogen) atoms. The molecule has 7 heteroatoms. The maximum atomic E-state index is 11.7. The van der Waals surface area contributed by atoms with Crippen LogP contribution in [0.3, 0.4) is 0 Å². The second kappa shape index (κ2) is 3.52. The fourth-order valence-electron chi connectivity index (χ4n) is 1.61. The molecule has 0 bridgehead atoms. The van der Waals surface area contributed by atoms with Gasteiger partial charge < -0.3 is 4.98 Å². The first-order valence-electron chi connectivity index (χ1n) is 4.37. The van der Waals surface area contributed by atoms with Crippen molar-refractivity contribution in [1.29, 1.82) is 0 Å². The smallest absolute Gasteiger partial charge is 0.304 e. The lowest BCUT2D eigenvalue weighted by atomic mass is 10.2. The summed E-state index contributed by atoms with van der Waals surface area (Å²) >= 11 is 5.60. The molecule has 0 aliphatic rings. The molecule has 0 saturated carbocycles. The van der Waals surface area contributed by atoms with E-state index < -0.39 is 0 Å². The topological polar surface area (TPSA) is 63.0 Å². The molecular formula is C9H4BrIN4O. The van der Waals surface area contributed by atoms with E-state index in [0.29, 0.717) is 5.65 Å². The van der Waals surface area contributed by atoms with Crippen molar-refractivity contribution >= 4 is 55.1 Å². The first kappa shape index (κ1) is 10.2. The van der Waals surface area contributed by atoms with E-state index in [-0.39, 0.29) is 5.69 Å². The molecule has 0 saturated heterocycles. The van der Waals surface area contributed by atoms with Crippen molar-refractivity contribution in [2.24, 2.45) is 0 Å². The van der Waals surface area contributed by atoms with Gasteiger partial charge in [0.15, 0.2) is 5.65 Å². The quantitative estimate of drug-likeness (QED) is 0.596. The summed E-state index contributed by atoms with van der Waals surface area (Å²) in [7, 11) is 0. The molecule has 5 nitrogen and oxygen atoms in total. The van der Waals surface area contributed by atoms with Crippen LogP contribution in [0.4, 0.5) is 0 Å². The van der Waals surface area contributed by atoms with Crippen molar-refractivity contribution in [3.8, 4) is 0 Å². The fraction of sp³-hybridized carbons (Fsp3) is 0. The van der Waals surface area contributed by atoms with Crippen LogP contribution in [0.25, 0.3) is 16.6 Å². The van der Waals surface area contributed by atoms with Gasteiger partial charge in [-0.25, -0.2) is 9.78 Å². The van der Waals surface area contributed by atoms with Crippen LogP contribution in [0.2, 0.25) is 0 Å². The summed E-state index contributed by atoms with van der Waals surface area (Å²) in [6, 6.07) is 3.85. The third-order valence-corrected chi connectivity index (χ3v) is 3.58. The van der Waals surface area contributed by atoms with Gasteiger partial charge in [0.05, 0.1) is 5.52 Å². The van der Waals surface area contributed by atoms with Gasteiger partial charge in [-0.1, -0.05) is 15.9 Å². The molecule has 0 amide bonds. The molecule has 3 aromatic rings. The first-order chi connectivity index (χ1) is 7.66. The average molecular weight is 391 g/mol. The number of hydrogen-bond acceptors (Lipinski definition) is 3. The molecule has 1 aromatic carbocycles. The van der Waals surface area contributed by atoms with E-state index in [1.165, 1.54) is 10.8 Å². The maximum absolute atomic E-state index is 11.7. The van der Waals surface area contributed by atoms with Crippen molar-refractivity contribution in [3.63, 3.8) is 0 Å². The summed E-state index contributed by atoms with van der Waals surface area (Å²) in [5.74, 6) is 0. The molecule has 0 aliphatic carbocycles.